The Bertz CT molecular complexity index is 1000. The third-order valence-corrected chi connectivity index (χ3v) is 4.75. The highest BCUT2D eigenvalue weighted by molar-refractivity contribution is 6.42. The standard InChI is InChI=1S/C19H16Cl2N4O3/c1-28-19(27)23-14-7-5-12(6-8-14)18(26)24-16-9-10-22-25(16)11-13-3-2-4-15(20)17(13)21/h2-10H,11H2,1H3,(H,23,27)(H,24,26). The number of carbonyl (C=O) groups is 2. The van der Waals surface area contributed by atoms with E-state index >= 15 is 0 Å². The van der Waals surface area contributed by atoms with E-state index in [0.717, 1.165) is 5.56 Å². The fourth-order valence-corrected chi connectivity index (χ4v) is 2.84. The number of benzene rings is 2. The largest absolute Gasteiger partial charge is 0.453 e. The monoisotopic (exact) mass is 418 g/mol. The van der Waals surface area contributed by atoms with Crippen LogP contribution in [0.5, 0.6) is 0 Å². The van der Waals surface area contributed by atoms with Gasteiger partial charge in [0.25, 0.3) is 5.91 Å². The lowest BCUT2D eigenvalue weighted by Crippen LogP contribution is -2.16. The molecule has 0 aliphatic rings. The maximum absolute atomic E-state index is 12.5. The van der Waals surface area contributed by atoms with Gasteiger partial charge in [-0.05, 0) is 35.9 Å². The van der Waals surface area contributed by atoms with Crippen molar-refractivity contribution in [2.24, 2.45) is 0 Å². The minimum absolute atomic E-state index is 0.316. The van der Waals surface area contributed by atoms with Gasteiger partial charge in [-0.15, -0.1) is 0 Å². The maximum atomic E-state index is 12.5. The van der Waals surface area contributed by atoms with Gasteiger partial charge >= 0.3 is 6.09 Å². The first-order valence-corrected chi connectivity index (χ1v) is 8.94. The average Bonchev–Trinajstić information content (AvgIpc) is 3.12. The van der Waals surface area contributed by atoms with Crippen molar-refractivity contribution in [3.63, 3.8) is 0 Å². The number of carbonyl (C=O) groups excluding carboxylic acids is 2. The summed E-state index contributed by atoms with van der Waals surface area (Å²) in [6.45, 7) is 0.351. The molecule has 0 atom stereocenters. The van der Waals surface area contributed by atoms with E-state index in [-0.39, 0.29) is 5.91 Å². The average molecular weight is 419 g/mol. The van der Waals surface area contributed by atoms with Gasteiger partial charge < -0.3 is 10.1 Å². The summed E-state index contributed by atoms with van der Waals surface area (Å²) in [4.78, 5) is 23.7. The Morgan fingerprint density at radius 2 is 1.82 bits per heavy atom. The molecule has 144 valence electrons. The second-order valence-corrected chi connectivity index (χ2v) is 6.52. The zero-order valence-corrected chi connectivity index (χ0v) is 16.3. The number of ether oxygens (including phenoxy) is 1. The van der Waals surface area contributed by atoms with E-state index in [1.807, 2.05) is 6.07 Å². The van der Waals surface area contributed by atoms with Crippen LogP contribution in [0.1, 0.15) is 15.9 Å². The van der Waals surface area contributed by atoms with Gasteiger partial charge in [-0.3, -0.25) is 10.1 Å². The smallest absolute Gasteiger partial charge is 0.411 e. The Kier molecular flexibility index (Phi) is 6.18. The van der Waals surface area contributed by atoms with Gasteiger partial charge in [0.2, 0.25) is 0 Å². The molecule has 2 amide bonds. The fraction of sp³-hybridized carbons (Fsp3) is 0.105. The summed E-state index contributed by atoms with van der Waals surface area (Å²) in [5.74, 6) is 0.196. The van der Waals surface area contributed by atoms with E-state index in [1.54, 1.807) is 53.3 Å². The van der Waals surface area contributed by atoms with Gasteiger partial charge in [0.1, 0.15) is 5.82 Å². The highest BCUT2D eigenvalue weighted by Gasteiger charge is 2.12. The molecule has 0 saturated carbocycles. The molecule has 3 aromatic rings. The van der Waals surface area contributed by atoms with Crippen LogP contribution in [0, 0.1) is 0 Å². The zero-order valence-electron chi connectivity index (χ0n) is 14.8. The van der Waals surface area contributed by atoms with Gasteiger partial charge in [0.05, 0.1) is 29.9 Å². The van der Waals surface area contributed by atoms with Crippen LogP contribution in [-0.4, -0.2) is 28.9 Å². The molecule has 1 aromatic heterocycles. The van der Waals surface area contributed by atoms with E-state index in [1.165, 1.54) is 7.11 Å². The molecule has 0 aliphatic heterocycles. The first-order chi connectivity index (χ1) is 13.5. The number of methoxy groups -OCH3 is 1. The van der Waals surface area contributed by atoms with Crippen molar-refractivity contribution < 1.29 is 14.3 Å². The fourth-order valence-electron chi connectivity index (χ4n) is 2.46. The Morgan fingerprint density at radius 3 is 2.54 bits per heavy atom. The Hall–Kier alpha value is -3.03. The molecule has 0 unspecified atom stereocenters. The third-order valence-electron chi connectivity index (χ3n) is 3.89. The van der Waals surface area contributed by atoms with Crippen LogP contribution in [-0.2, 0) is 11.3 Å². The number of anilines is 2. The summed E-state index contributed by atoms with van der Waals surface area (Å²) in [6, 6.07) is 13.4. The first kappa shape index (κ1) is 19.7. The number of aromatic nitrogens is 2. The quantitative estimate of drug-likeness (QED) is 0.630. The number of amides is 2. The van der Waals surface area contributed by atoms with E-state index < -0.39 is 6.09 Å². The SMILES string of the molecule is COC(=O)Nc1ccc(C(=O)Nc2ccnn2Cc2cccc(Cl)c2Cl)cc1. The number of hydrogen-bond acceptors (Lipinski definition) is 4. The third kappa shape index (κ3) is 4.62. The lowest BCUT2D eigenvalue weighted by Gasteiger charge is -2.11. The Morgan fingerprint density at radius 1 is 1.07 bits per heavy atom. The van der Waals surface area contributed by atoms with Crippen LogP contribution in [0.2, 0.25) is 10.0 Å². The number of hydrogen-bond donors (Lipinski definition) is 2. The lowest BCUT2D eigenvalue weighted by atomic mass is 10.2. The second-order valence-electron chi connectivity index (χ2n) is 5.74. The topological polar surface area (TPSA) is 85.2 Å². The van der Waals surface area contributed by atoms with Gasteiger partial charge in [0, 0.05) is 17.3 Å². The van der Waals surface area contributed by atoms with Crippen molar-refractivity contribution in [3.05, 3.63) is 75.9 Å². The summed E-state index contributed by atoms with van der Waals surface area (Å²) >= 11 is 12.3. The van der Waals surface area contributed by atoms with Crippen molar-refractivity contribution in [3.8, 4) is 0 Å². The van der Waals surface area contributed by atoms with Crippen molar-refractivity contribution in [1.29, 1.82) is 0 Å². The highest BCUT2D eigenvalue weighted by atomic mass is 35.5. The molecular formula is C19H16Cl2N4O3. The van der Waals surface area contributed by atoms with Crippen molar-refractivity contribution in [1.82, 2.24) is 9.78 Å². The Labute approximate surface area is 171 Å². The molecule has 2 N–H and O–H groups in total. The molecule has 28 heavy (non-hydrogen) atoms. The van der Waals surface area contributed by atoms with Gasteiger partial charge in [0.15, 0.2) is 0 Å². The molecule has 0 saturated heterocycles. The van der Waals surface area contributed by atoms with Crippen LogP contribution in [0.4, 0.5) is 16.3 Å². The van der Waals surface area contributed by atoms with Crippen LogP contribution in [0.25, 0.3) is 0 Å². The zero-order chi connectivity index (χ0) is 20.1. The van der Waals surface area contributed by atoms with Crippen LogP contribution in [0.3, 0.4) is 0 Å². The number of nitrogens with zero attached hydrogens (tertiary/aromatic N) is 2. The maximum Gasteiger partial charge on any atom is 0.411 e. The van der Waals surface area contributed by atoms with Crippen molar-refractivity contribution in [2.75, 3.05) is 17.7 Å². The minimum Gasteiger partial charge on any atom is -0.453 e. The summed E-state index contributed by atoms with van der Waals surface area (Å²) in [7, 11) is 1.27. The summed E-state index contributed by atoms with van der Waals surface area (Å²) in [5.41, 5.74) is 1.72. The lowest BCUT2D eigenvalue weighted by molar-refractivity contribution is 0.102. The van der Waals surface area contributed by atoms with Crippen molar-refractivity contribution >= 4 is 46.7 Å². The van der Waals surface area contributed by atoms with Gasteiger partial charge in [-0.1, -0.05) is 35.3 Å². The molecule has 0 spiro atoms. The molecule has 2 aromatic carbocycles. The predicted molar refractivity (Wildman–Crippen MR) is 108 cm³/mol. The van der Waals surface area contributed by atoms with Gasteiger partial charge in [-0.2, -0.15) is 5.10 Å². The van der Waals surface area contributed by atoms with Crippen molar-refractivity contribution in [2.45, 2.75) is 6.54 Å². The molecule has 1 heterocycles. The molecule has 0 aliphatic carbocycles. The minimum atomic E-state index is -0.583. The molecule has 7 nitrogen and oxygen atoms in total. The van der Waals surface area contributed by atoms with Gasteiger partial charge in [-0.25, -0.2) is 9.48 Å². The number of rotatable bonds is 5. The molecule has 0 bridgehead atoms. The van der Waals surface area contributed by atoms with Crippen LogP contribution in [0.15, 0.2) is 54.7 Å². The van der Waals surface area contributed by atoms with E-state index in [9.17, 15) is 9.59 Å². The summed E-state index contributed by atoms with van der Waals surface area (Å²) < 4.78 is 6.14. The highest BCUT2D eigenvalue weighted by Crippen LogP contribution is 2.26. The Balaban J connectivity index is 1.71. The second kappa shape index (κ2) is 8.77. The van der Waals surface area contributed by atoms with E-state index in [2.05, 4.69) is 20.5 Å². The molecule has 9 heteroatoms. The summed E-state index contributed by atoms with van der Waals surface area (Å²) in [6.07, 6.45) is 0.998. The summed E-state index contributed by atoms with van der Waals surface area (Å²) in [5, 5.41) is 10.5. The first-order valence-electron chi connectivity index (χ1n) is 8.19. The predicted octanol–water partition coefficient (Wildman–Crippen LogP) is 4.67. The van der Waals surface area contributed by atoms with E-state index in [0.29, 0.717) is 33.7 Å². The molecule has 3 rings (SSSR count). The number of halogens is 2. The molecule has 0 radical (unpaired) electrons. The molecule has 0 fully saturated rings. The number of nitrogens with one attached hydrogen (secondary N) is 2. The van der Waals surface area contributed by atoms with Crippen LogP contribution < -0.4 is 10.6 Å². The normalized spacial score (nSPS) is 10.4. The molecular weight excluding hydrogens is 403 g/mol. The van der Waals surface area contributed by atoms with E-state index in [4.69, 9.17) is 23.2 Å². The van der Waals surface area contributed by atoms with Crippen LogP contribution >= 0.6 is 23.2 Å².